The fourth-order valence-corrected chi connectivity index (χ4v) is 2.87. The molecule has 1 N–H and O–H groups in total. The first kappa shape index (κ1) is 21.8. The summed E-state index contributed by atoms with van der Waals surface area (Å²) in [6.07, 6.45) is 2.63. The van der Waals surface area contributed by atoms with Gasteiger partial charge in [0.1, 0.15) is 0 Å². The largest absolute Gasteiger partial charge is 0.441 e. The molecule has 0 bridgehead atoms. The van der Waals surface area contributed by atoms with Crippen molar-refractivity contribution >= 4 is 42.3 Å². The van der Waals surface area contributed by atoms with Crippen LogP contribution in [0.15, 0.2) is 34.9 Å². The number of aromatic nitrogens is 1. The molecule has 0 saturated carbocycles. The molecule has 5 nitrogen and oxygen atoms in total. The highest BCUT2D eigenvalue weighted by Gasteiger charge is 2.22. The van der Waals surface area contributed by atoms with Crippen LogP contribution in [0.5, 0.6) is 0 Å². The standard InChI is InChI=1S/C17H20ClN3O2.2ClH/c1-12-10-19-8-9-21(12)17(22)7-6-16-20-11-15(23-16)13-2-4-14(18)5-3-13;;/h2-5,11-12,19H,6-10H2,1H3;2*1H/t12-;;/m1../s1. The smallest absolute Gasteiger partial charge is 0.223 e. The topological polar surface area (TPSA) is 58.4 Å². The molecular formula is C17H22Cl3N3O2. The molecule has 1 amide bonds. The van der Waals surface area contributed by atoms with Crippen LogP contribution in [0.2, 0.25) is 5.02 Å². The van der Waals surface area contributed by atoms with Crippen molar-refractivity contribution in [2.24, 2.45) is 0 Å². The highest BCUT2D eigenvalue weighted by Crippen LogP contribution is 2.22. The van der Waals surface area contributed by atoms with Gasteiger partial charge in [-0.2, -0.15) is 0 Å². The van der Waals surface area contributed by atoms with Crippen LogP contribution in [0.4, 0.5) is 0 Å². The number of halogens is 3. The Morgan fingerprint density at radius 2 is 2.08 bits per heavy atom. The number of oxazole rings is 1. The Hall–Kier alpha value is -1.27. The van der Waals surface area contributed by atoms with Gasteiger partial charge in [0, 0.05) is 49.1 Å². The van der Waals surface area contributed by atoms with Gasteiger partial charge >= 0.3 is 0 Å². The van der Waals surface area contributed by atoms with Crippen molar-refractivity contribution in [1.29, 1.82) is 0 Å². The Kier molecular flexibility index (Phi) is 8.73. The van der Waals surface area contributed by atoms with E-state index in [1.165, 1.54) is 0 Å². The van der Waals surface area contributed by atoms with Crippen molar-refractivity contribution in [2.75, 3.05) is 19.6 Å². The summed E-state index contributed by atoms with van der Waals surface area (Å²) in [6.45, 7) is 4.54. The van der Waals surface area contributed by atoms with Crippen molar-refractivity contribution in [1.82, 2.24) is 15.2 Å². The van der Waals surface area contributed by atoms with Gasteiger partial charge in [0.05, 0.1) is 6.20 Å². The summed E-state index contributed by atoms with van der Waals surface area (Å²) >= 11 is 5.88. The van der Waals surface area contributed by atoms with E-state index in [1.807, 2.05) is 29.2 Å². The number of aryl methyl sites for hydroxylation is 1. The number of amides is 1. The van der Waals surface area contributed by atoms with Crippen LogP contribution in [0.25, 0.3) is 11.3 Å². The number of carbonyl (C=O) groups is 1. The number of piperazine rings is 1. The number of carbonyl (C=O) groups excluding carboxylic acids is 1. The number of nitrogens with zero attached hydrogens (tertiary/aromatic N) is 2. The Bertz CT molecular complexity index is 676. The molecule has 1 aromatic heterocycles. The van der Waals surface area contributed by atoms with Gasteiger partial charge < -0.3 is 14.6 Å². The molecule has 1 aromatic carbocycles. The van der Waals surface area contributed by atoms with Crippen LogP contribution in [0, 0.1) is 0 Å². The van der Waals surface area contributed by atoms with Crippen molar-refractivity contribution in [3.05, 3.63) is 41.4 Å². The number of nitrogens with one attached hydrogen (secondary N) is 1. The molecule has 1 fully saturated rings. The molecule has 0 aliphatic carbocycles. The minimum absolute atomic E-state index is 0. The summed E-state index contributed by atoms with van der Waals surface area (Å²) < 4.78 is 5.74. The summed E-state index contributed by atoms with van der Waals surface area (Å²) in [4.78, 5) is 18.5. The quantitative estimate of drug-likeness (QED) is 0.843. The van der Waals surface area contributed by atoms with E-state index in [2.05, 4.69) is 17.2 Å². The Morgan fingerprint density at radius 3 is 2.76 bits per heavy atom. The number of hydrogen-bond donors (Lipinski definition) is 1. The summed E-state index contributed by atoms with van der Waals surface area (Å²) in [7, 11) is 0. The first-order chi connectivity index (χ1) is 11.1. The van der Waals surface area contributed by atoms with Crippen LogP contribution in [-0.2, 0) is 11.2 Å². The van der Waals surface area contributed by atoms with E-state index in [0.717, 1.165) is 25.2 Å². The third-order valence-electron chi connectivity index (χ3n) is 4.06. The summed E-state index contributed by atoms with van der Waals surface area (Å²) in [6, 6.07) is 7.65. The molecule has 0 radical (unpaired) electrons. The van der Waals surface area contributed by atoms with Gasteiger partial charge in [0.2, 0.25) is 5.91 Å². The number of hydrogen-bond acceptors (Lipinski definition) is 4. The van der Waals surface area contributed by atoms with Crippen molar-refractivity contribution in [2.45, 2.75) is 25.8 Å². The second kappa shape index (κ2) is 10.0. The normalized spacial score (nSPS) is 16.7. The Morgan fingerprint density at radius 1 is 1.36 bits per heavy atom. The minimum Gasteiger partial charge on any atom is -0.441 e. The van der Waals surface area contributed by atoms with Crippen LogP contribution >= 0.6 is 36.4 Å². The lowest BCUT2D eigenvalue weighted by Crippen LogP contribution is -2.52. The summed E-state index contributed by atoms with van der Waals surface area (Å²) in [5.74, 6) is 1.44. The molecule has 138 valence electrons. The van der Waals surface area contributed by atoms with E-state index in [9.17, 15) is 4.79 Å². The molecule has 2 aromatic rings. The van der Waals surface area contributed by atoms with Gasteiger partial charge in [-0.15, -0.1) is 24.8 Å². The van der Waals surface area contributed by atoms with Crippen molar-refractivity contribution in [3.63, 3.8) is 0 Å². The zero-order valence-electron chi connectivity index (χ0n) is 13.9. The number of benzene rings is 1. The Labute approximate surface area is 164 Å². The SMILES string of the molecule is C[C@@H]1CNCCN1C(=O)CCc1ncc(-c2ccc(Cl)cc2)o1.Cl.Cl. The molecule has 3 rings (SSSR count). The van der Waals surface area contributed by atoms with Gasteiger partial charge in [-0.05, 0) is 31.2 Å². The van der Waals surface area contributed by atoms with Crippen molar-refractivity contribution in [3.8, 4) is 11.3 Å². The summed E-state index contributed by atoms with van der Waals surface area (Å²) in [5.41, 5.74) is 0.926. The van der Waals surface area contributed by atoms with Crippen LogP contribution in [-0.4, -0.2) is 41.5 Å². The molecule has 0 unspecified atom stereocenters. The zero-order chi connectivity index (χ0) is 16.2. The lowest BCUT2D eigenvalue weighted by Gasteiger charge is -2.34. The lowest BCUT2D eigenvalue weighted by molar-refractivity contribution is -0.134. The monoisotopic (exact) mass is 405 g/mol. The van der Waals surface area contributed by atoms with E-state index in [-0.39, 0.29) is 36.8 Å². The summed E-state index contributed by atoms with van der Waals surface area (Å²) in [5, 5.41) is 3.97. The molecule has 8 heteroatoms. The average molecular weight is 407 g/mol. The molecule has 25 heavy (non-hydrogen) atoms. The molecule has 2 heterocycles. The number of rotatable bonds is 4. The second-order valence-electron chi connectivity index (χ2n) is 5.77. The van der Waals surface area contributed by atoms with Gasteiger partial charge in [0.25, 0.3) is 0 Å². The fraction of sp³-hybridized carbons (Fsp3) is 0.412. The Balaban J connectivity index is 0.00000156. The highest BCUT2D eigenvalue weighted by molar-refractivity contribution is 6.30. The van der Waals surface area contributed by atoms with Gasteiger partial charge in [-0.3, -0.25) is 4.79 Å². The first-order valence-electron chi connectivity index (χ1n) is 7.84. The van der Waals surface area contributed by atoms with Gasteiger partial charge in [-0.25, -0.2) is 4.98 Å². The second-order valence-corrected chi connectivity index (χ2v) is 6.20. The third-order valence-corrected chi connectivity index (χ3v) is 4.31. The average Bonchev–Trinajstić information content (AvgIpc) is 3.03. The molecule has 1 aliphatic heterocycles. The molecule has 0 spiro atoms. The molecule has 1 atom stereocenters. The highest BCUT2D eigenvalue weighted by atomic mass is 35.5. The van der Waals surface area contributed by atoms with Crippen LogP contribution < -0.4 is 5.32 Å². The van der Waals surface area contributed by atoms with E-state index in [1.54, 1.807) is 6.20 Å². The molecule has 1 saturated heterocycles. The lowest BCUT2D eigenvalue weighted by atomic mass is 10.2. The predicted octanol–water partition coefficient (Wildman–Crippen LogP) is 3.59. The fourth-order valence-electron chi connectivity index (χ4n) is 2.74. The van der Waals surface area contributed by atoms with E-state index < -0.39 is 0 Å². The minimum atomic E-state index is 0. The maximum atomic E-state index is 12.3. The maximum absolute atomic E-state index is 12.3. The third kappa shape index (κ3) is 5.61. The maximum Gasteiger partial charge on any atom is 0.223 e. The predicted molar refractivity (Wildman–Crippen MR) is 104 cm³/mol. The molecular weight excluding hydrogens is 385 g/mol. The molecule has 1 aliphatic rings. The van der Waals surface area contributed by atoms with E-state index >= 15 is 0 Å². The van der Waals surface area contributed by atoms with Gasteiger partial charge in [0.15, 0.2) is 11.7 Å². The zero-order valence-corrected chi connectivity index (χ0v) is 16.3. The van der Waals surface area contributed by atoms with Crippen molar-refractivity contribution < 1.29 is 9.21 Å². The first-order valence-corrected chi connectivity index (χ1v) is 8.22. The van der Waals surface area contributed by atoms with Gasteiger partial charge in [-0.1, -0.05) is 11.6 Å². The van der Waals surface area contributed by atoms with Crippen LogP contribution in [0.3, 0.4) is 0 Å². The van der Waals surface area contributed by atoms with E-state index in [0.29, 0.717) is 29.5 Å². The van der Waals surface area contributed by atoms with Crippen LogP contribution in [0.1, 0.15) is 19.2 Å². The van der Waals surface area contributed by atoms with E-state index in [4.69, 9.17) is 16.0 Å².